The number of aliphatic hydroxyl groups excluding tert-OH is 1. The summed E-state index contributed by atoms with van der Waals surface area (Å²) in [5.41, 5.74) is 4.35. The summed E-state index contributed by atoms with van der Waals surface area (Å²) in [7, 11) is 0. The molecule has 0 aliphatic carbocycles. The van der Waals surface area contributed by atoms with E-state index in [4.69, 9.17) is 5.11 Å². The van der Waals surface area contributed by atoms with Crippen LogP contribution in [0, 0.1) is 0 Å². The molecule has 1 N–H and O–H groups in total. The van der Waals surface area contributed by atoms with Gasteiger partial charge in [-0.3, -0.25) is 4.79 Å². The summed E-state index contributed by atoms with van der Waals surface area (Å²) in [6, 6.07) is 16.3. The molecule has 3 heteroatoms. The fourth-order valence-corrected chi connectivity index (χ4v) is 3.07. The Balaban J connectivity index is 1.89. The van der Waals surface area contributed by atoms with Crippen LogP contribution in [0.2, 0.25) is 0 Å². The highest BCUT2D eigenvalue weighted by atomic mass is 16.2. The number of amides is 1. The van der Waals surface area contributed by atoms with Gasteiger partial charge in [0.25, 0.3) is 0 Å². The normalized spacial score (nSPS) is 14.3. The third-order valence-electron chi connectivity index (χ3n) is 4.40. The largest absolute Gasteiger partial charge is 0.396 e. The van der Waals surface area contributed by atoms with Crippen LogP contribution < -0.4 is 4.90 Å². The average Bonchev–Trinajstić information content (AvgIpc) is 2.60. The van der Waals surface area contributed by atoms with E-state index in [1.807, 2.05) is 41.3 Å². The van der Waals surface area contributed by atoms with Crippen molar-refractivity contribution in [2.45, 2.75) is 32.2 Å². The van der Waals surface area contributed by atoms with Crippen molar-refractivity contribution in [3.63, 3.8) is 0 Å². The van der Waals surface area contributed by atoms with Crippen LogP contribution in [0.25, 0.3) is 12.2 Å². The van der Waals surface area contributed by atoms with E-state index in [1.54, 1.807) is 0 Å². The first-order valence-corrected chi connectivity index (χ1v) is 8.56. The number of aliphatic hydroxyl groups is 1. The number of anilines is 1. The minimum atomic E-state index is 0.144. The SMILES string of the molecule is O=C(CCCCCO)N1Cc2ccccc2/C=C\c2ccccc21. The predicted molar refractivity (Wildman–Crippen MR) is 98.6 cm³/mol. The van der Waals surface area contributed by atoms with Crippen molar-refractivity contribution in [2.75, 3.05) is 11.5 Å². The summed E-state index contributed by atoms with van der Waals surface area (Å²) in [5.74, 6) is 0.144. The highest BCUT2D eigenvalue weighted by molar-refractivity contribution is 5.97. The highest BCUT2D eigenvalue weighted by Crippen LogP contribution is 2.29. The number of hydrogen-bond donors (Lipinski definition) is 1. The van der Waals surface area contributed by atoms with Crippen LogP contribution in [0.15, 0.2) is 48.5 Å². The van der Waals surface area contributed by atoms with E-state index in [-0.39, 0.29) is 12.5 Å². The van der Waals surface area contributed by atoms with Gasteiger partial charge in [0.1, 0.15) is 0 Å². The molecule has 24 heavy (non-hydrogen) atoms. The fourth-order valence-electron chi connectivity index (χ4n) is 3.07. The Labute approximate surface area is 143 Å². The average molecular weight is 321 g/mol. The summed E-state index contributed by atoms with van der Waals surface area (Å²) in [5, 5.41) is 8.89. The van der Waals surface area contributed by atoms with Crippen LogP contribution >= 0.6 is 0 Å². The van der Waals surface area contributed by atoms with Crippen LogP contribution in [-0.2, 0) is 11.3 Å². The van der Waals surface area contributed by atoms with Crippen molar-refractivity contribution in [3.05, 3.63) is 65.2 Å². The first-order chi connectivity index (χ1) is 11.8. The summed E-state index contributed by atoms with van der Waals surface area (Å²) in [6.07, 6.45) is 7.18. The molecule has 3 rings (SSSR count). The number of carbonyl (C=O) groups excluding carboxylic acids is 1. The molecule has 0 spiro atoms. The maximum absolute atomic E-state index is 12.8. The molecule has 3 nitrogen and oxygen atoms in total. The maximum Gasteiger partial charge on any atom is 0.227 e. The number of para-hydroxylation sites is 1. The smallest absolute Gasteiger partial charge is 0.227 e. The van der Waals surface area contributed by atoms with Gasteiger partial charge in [0.2, 0.25) is 5.91 Å². The van der Waals surface area contributed by atoms with E-state index in [1.165, 1.54) is 0 Å². The van der Waals surface area contributed by atoms with Gasteiger partial charge in [-0.15, -0.1) is 0 Å². The molecule has 1 amide bonds. The number of nitrogens with zero attached hydrogens (tertiary/aromatic N) is 1. The lowest BCUT2D eigenvalue weighted by Gasteiger charge is -2.27. The Morgan fingerprint density at radius 2 is 1.62 bits per heavy atom. The van der Waals surface area contributed by atoms with E-state index in [2.05, 4.69) is 24.3 Å². The van der Waals surface area contributed by atoms with E-state index in [9.17, 15) is 4.79 Å². The molecular formula is C21H23NO2. The molecule has 2 aromatic carbocycles. The minimum absolute atomic E-state index is 0.144. The second kappa shape index (κ2) is 7.93. The molecule has 124 valence electrons. The molecule has 0 aromatic heterocycles. The molecule has 0 radical (unpaired) electrons. The lowest BCUT2D eigenvalue weighted by Crippen LogP contribution is -2.31. The molecule has 0 saturated heterocycles. The van der Waals surface area contributed by atoms with Gasteiger partial charge in [0.05, 0.1) is 12.2 Å². The second-order valence-electron chi connectivity index (χ2n) is 6.11. The van der Waals surface area contributed by atoms with Crippen molar-refractivity contribution >= 4 is 23.7 Å². The zero-order valence-corrected chi connectivity index (χ0v) is 13.8. The Morgan fingerprint density at radius 1 is 0.917 bits per heavy atom. The quantitative estimate of drug-likeness (QED) is 0.836. The van der Waals surface area contributed by atoms with Gasteiger partial charge in [-0.1, -0.05) is 61.0 Å². The zero-order chi connectivity index (χ0) is 16.8. The lowest BCUT2D eigenvalue weighted by molar-refractivity contribution is -0.118. The number of hydrogen-bond acceptors (Lipinski definition) is 2. The number of fused-ring (bicyclic) bond motifs is 2. The molecule has 0 saturated carbocycles. The van der Waals surface area contributed by atoms with Gasteiger partial charge in [-0.05, 0) is 35.6 Å². The number of rotatable bonds is 5. The van der Waals surface area contributed by atoms with Gasteiger partial charge in [0.15, 0.2) is 0 Å². The molecule has 2 aromatic rings. The Morgan fingerprint density at radius 3 is 2.46 bits per heavy atom. The molecule has 0 bridgehead atoms. The molecule has 1 heterocycles. The fraction of sp³-hybridized carbons (Fsp3) is 0.286. The van der Waals surface area contributed by atoms with Crippen LogP contribution in [0.4, 0.5) is 5.69 Å². The van der Waals surface area contributed by atoms with Gasteiger partial charge in [-0.25, -0.2) is 0 Å². The van der Waals surface area contributed by atoms with E-state index < -0.39 is 0 Å². The topological polar surface area (TPSA) is 40.5 Å². The number of benzene rings is 2. The number of unbranched alkanes of at least 4 members (excludes halogenated alkanes) is 2. The summed E-state index contributed by atoms with van der Waals surface area (Å²) in [4.78, 5) is 14.7. The summed E-state index contributed by atoms with van der Waals surface area (Å²) < 4.78 is 0. The van der Waals surface area contributed by atoms with Crippen molar-refractivity contribution in [2.24, 2.45) is 0 Å². The van der Waals surface area contributed by atoms with Gasteiger partial charge in [-0.2, -0.15) is 0 Å². The molecular weight excluding hydrogens is 298 g/mol. The first-order valence-electron chi connectivity index (χ1n) is 8.56. The standard InChI is InChI=1S/C21H23NO2/c23-15-7-1-2-12-21(24)22-16-19-10-4-3-8-17(19)13-14-18-9-5-6-11-20(18)22/h3-6,8-11,13-14,23H,1-2,7,12,15-16H2/b14-13-. The zero-order valence-electron chi connectivity index (χ0n) is 13.8. The third-order valence-corrected chi connectivity index (χ3v) is 4.40. The predicted octanol–water partition coefficient (Wildman–Crippen LogP) is 4.26. The van der Waals surface area contributed by atoms with E-state index in [0.717, 1.165) is 41.6 Å². The van der Waals surface area contributed by atoms with Crippen molar-refractivity contribution in [3.8, 4) is 0 Å². The second-order valence-corrected chi connectivity index (χ2v) is 6.11. The highest BCUT2D eigenvalue weighted by Gasteiger charge is 2.20. The van der Waals surface area contributed by atoms with E-state index >= 15 is 0 Å². The monoisotopic (exact) mass is 321 g/mol. The minimum Gasteiger partial charge on any atom is -0.396 e. The Bertz CT molecular complexity index is 736. The van der Waals surface area contributed by atoms with E-state index in [0.29, 0.717) is 13.0 Å². The molecule has 0 fully saturated rings. The van der Waals surface area contributed by atoms with Crippen LogP contribution in [0.3, 0.4) is 0 Å². The number of carbonyl (C=O) groups is 1. The Kier molecular flexibility index (Phi) is 5.44. The Hall–Kier alpha value is -2.39. The van der Waals surface area contributed by atoms with Crippen LogP contribution in [-0.4, -0.2) is 17.6 Å². The van der Waals surface area contributed by atoms with Gasteiger partial charge >= 0.3 is 0 Å². The van der Waals surface area contributed by atoms with Crippen molar-refractivity contribution in [1.82, 2.24) is 0 Å². The van der Waals surface area contributed by atoms with Gasteiger partial charge < -0.3 is 10.0 Å². The molecule has 1 aliphatic rings. The molecule has 0 atom stereocenters. The third kappa shape index (κ3) is 3.74. The summed E-state index contributed by atoms with van der Waals surface area (Å²) in [6.45, 7) is 0.787. The molecule has 1 aliphatic heterocycles. The lowest BCUT2D eigenvalue weighted by atomic mass is 10.0. The summed E-state index contributed by atoms with van der Waals surface area (Å²) >= 11 is 0. The van der Waals surface area contributed by atoms with Crippen molar-refractivity contribution < 1.29 is 9.90 Å². The van der Waals surface area contributed by atoms with Gasteiger partial charge in [0, 0.05) is 13.0 Å². The van der Waals surface area contributed by atoms with Crippen LogP contribution in [0.1, 0.15) is 42.4 Å². The van der Waals surface area contributed by atoms with Crippen molar-refractivity contribution in [1.29, 1.82) is 0 Å². The molecule has 0 unspecified atom stereocenters. The maximum atomic E-state index is 12.8. The van der Waals surface area contributed by atoms with Crippen LogP contribution in [0.5, 0.6) is 0 Å². The first kappa shape index (κ1) is 16.5.